The van der Waals surface area contributed by atoms with Gasteiger partial charge in [-0.3, -0.25) is 9.59 Å². The first-order chi connectivity index (χ1) is 7.54. The van der Waals surface area contributed by atoms with Crippen molar-refractivity contribution < 1.29 is 36.6 Å². The molecule has 0 aliphatic carbocycles. The van der Waals surface area contributed by atoms with Crippen molar-refractivity contribution in [3.05, 3.63) is 0 Å². The third kappa shape index (κ3) is 8.63. The molecule has 0 saturated carbocycles. The Labute approximate surface area is 98.1 Å². The van der Waals surface area contributed by atoms with Gasteiger partial charge in [-0.15, -0.1) is 0 Å². The monoisotopic (exact) mass is 288 g/mol. The molecule has 0 aliphatic rings. The topological polar surface area (TPSA) is 143 Å². The maximum Gasteiger partial charge on any atom is 0.304 e. The van der Waals surface area contributed by atoms with Crippen molar-refractivity contribution in [2.45, 2.75) is 12.8 Å². The Bertz CT molecular complexity index is 440. The minimum absolute atomic E-state index is 0.684. The van der Waals surface area contributed by atoms with Crippen molar-refractivity contribution >= 4 is 31.6 Å². The van der Waals surface area contributed by atoms with Gasteiger partial charge in [0.2, 0.25) is 0 Å². The molecule has 0 heterocycles. The Kier molecular flexibility index (Phi) is 5.55. The minimum atomic E-state index is -4.04. The van der Waals surface area contributed by atoms with Crippen molar-refractivity contribution in [3.63, 3.8) is 0 Å². The van der Waals surface area contributed by atoms with Gasteiger partial charge in [0.05, 0.1) is 24.3 Å². The maximum absolute atomic E-state index is 11.2. The molecule has 0 spiro atoms. The number of sulfone groups is 2. The molecule has 0 bridgehead atoms. The molecule has 0 saturated heterocycles. The summed E-state index contributed by atoms with van der Waals surface area (Å²) in [5.41, 5.74) is 0. The van der Waals surface area contributed by atoms with Crippen LogP contribution in [0.25, 0.3) is 0 Å². The number of carboxylic acids is 2. The molecule has 0 radical (unpaired) electrons. The van der Waals surface area contributed by atoms with Crippen LogP contribution in [0.15, 0.2) is 0 Å². The smallest absolute Gasteiger partial charge is 0.304 e. The van der Waals surface area contributed by atoms with Crippen LogP contribution < -0.4 is 0 Å². The molecule has 0 rings (SSSR count). The molecule has 0 aliphatic heterocycles. The first-order valence-electron chi connectivity index (χ1n) is 4.38. The van der Waals surface area contributed by atoms with Crippen molar-refractivity contribution in [2.75, 3.05) is 16.6 Å². The highest BCUT2D eigenvalue weighted by Crippen LogP contribution is 2.03. The Morgan fingerprint density at radius 3 is 1.29 bits per heavy atom. The number of carboxylic acid groups (broad SMARTS) is 2. The number of carbonyl (C=O) groups is 2. The number of rotatable bonds is 8. The normalized spacial score (nSPS) is 12.2. The fourth-order valence-electron chi connectivity index (χ4n) is 0.877. The lowest BCUT2D eigenvalue weighted by molar-refractivity contribution is -0.137. The number of hydrogen-bond donors (Lipinski definition) is 2. The Balaban J connectivity index is 4.49. The standard InChI is InChI=1S/C7H12O8S2/c8-6(9)1-3-16(12,13)5-17(14,15)4-2-7(10)11/h1-5H2,(H,8,9)(H,10,11). The fourth-order valence-corrected chi connectivity index (χ4v) is 4.98. The van der Waals surface area contributed by atoms with E-state index >= 15 is 0 Å². The molecule has 0 atom stereocenters. The first kappa shape index (κ1) is 15.8. The van der Waals surface area contributed by atoms with E-state index < -0.39 is 61.0 Å². The highest BCUT2D eigenvalue weighted by molar-refractivity contribution is 8.08. The van der Waals surface area contributed by atoms with Crippen LogP contribution in [0, 0.1) is 0 Å². The Morgan fingerprint density at radius 1 is 0.765 bits per heavy atom. The van der Waals surface area contributed by atoms with Crippen LogP contribution in [-0.2, 0) is 29.3 Å². The highest BCUT2D eigenvalue weighted by atomic mass is 32.3. The highest BCUT2D eigenvalue weighted by Gasteiger charge is 2.23. The van der Waals surface area contributed by atoms with Crippen molar-refractivity contribution in [1.29, 1.82) is 0 Å². The average Bonchev–Trinajstić information content (AvgIpc) is 2.10. The Hall–Kier alpha value is -1.16. The second-order valence-electron chi connectivity index (χ2n) is 3.30. The van der Waals surface area contributed by atoms with E-state index in [1.54, 1.807) is 0 Å². The van der Waals surface area contributed by atoms with Crippen molar-refractivity contribution in [1.82, 2.24) is 0 Å². The molecule has 0 fully saturated rings. The summed E-state index contributed by atoms with van der Waals surface area (Å²) in [5, 5.41) is 15.3. The minimum Gasteiger partial charge on any atom is -0.481 e. The van der Waals surface area contributed by atoms with Gasteiger partial charge < -0.3 is 10.2 Å². The molecule has 0 aromatic carbocycles. The SMILES string of the molecule is O=C(O)CCS(=O)(=O)CS(=O)(=O)CCC(=O)O. The maximum atomic E-state index is 11.2. The van der Waals surface area contributed by atoms with Gasteiger partial charge in [0.1, 0.15) is 0 Å². The van der Waals surface area contributed by atoms with Gasteiger partial charge in [0, 0.05) is 0 Å². The average molecular weight is 288 g/mol. The van der Waals surface area contributed by atoms with E-state index in [9.17, 15) is 26.4 Å². The largest absolute Gasteiger partial charge is 0.481 e. The van der Waals surface area contributed by atoms with E-state index in [1.807, 2.05) is 0 Å². The number of hydrogen-bond acceptors (Lipinski definition) is 6. The van der Waals surface area contributed by atoms with E-state index in [0.29, 0.717) is 0 Å². The van der Waals surface area contributed by atoms with Crippen LogP contribution in [0.5, 0.6) is 0 Å². The molecule has 10 heteroatoms. The van der Waals surface area contributed by atoms with Crippen LogP contribution in [0.2, 0.25) is 0 Å². The summed E-state index contributed by atoms with van der Waals surface area (Å²) in [5.74, 6) is -4.27. The van der Waals surface area contributed by atoms with E-state index in [4.69, 9.17) is 10.2 Å². The van der Waals surface area contributed by atoms with E-state index in [2.05, 4.69) is 0 Å². The van der Waals surface area contributed by atoms with Crippen LogP contribution >= 0.6 is 0 Å². The van der Waals surface area contributed by atoms with Gasteiger partial charge in [-0.1, -0.05) is 0 Å². The van der Waals surface area contributed by atoms with E-state index in [-0.39, 0.29) is 0 Å². The summed E-state index contributed by atoms with van der Waals surface area (Å²) in [4.78, 5) is 20.3. The first-order valence-corrected chi connectivity index (χ1v) is 8.03. The van der Waals surface area contributed by atoms with Gasteiger partial charge in [-0.2, -0.15) is 0 Å². The third-order valence-corrected chi connectivity index (χ3v) is 6.14. The second kappa shape index (κ2) is 5.96. The van der Waals surface area contributed by atoms with Gasteiger partial charge in [-0.25, -0.2) is 16.8 Å². The fraction of sp³-hybridized carbons (Fsp3) is 0.714. The summed E-state index contributed by atoms with van der Waals surface area (Å²) in [6, 6.07) is 0. The second-order valence-corrected chi connectivity index (χ2v) is 8.03. The van der Waals surface area contributed by atoms with E-state index in [1.165, 1.54) is 0 Å². The van der Waals surface area contributed by atoms with Gasteiger partial charge in [0.15, 0.2) is 24.8 Å². The molecular formula is C7H12O8S2. The summed E-state index contributed by atoms with van der Waals surface area (Å²) in [6.45, 7) is 0. The van der Waals surface area contributed by atoms with Crippen LogP contribution in [0.3, 0.4) is 0 Å². The predicted octanol–water partition coefficient (Wildman–Crippen LogP) is -1.28. The van der Waals surface area contributed by atoms with E-state index in [0.717, 1.165) is 0 Å². The molecule has 0 aromatic heterocycles. The van der Waals surface area contributed by atoms with Gasteiger partial charge >= 0.3 is 11.9 Å². The van der Waals surface area contributed by atoms with Gasteiger partial charge in [0.25, 0.3) is 0 Å². The zero-order valence-corrected chi connectivity index (χ0v) is 10.3. The van der Waals surface area contributed by atoms with Crippen LogP contribution in [-0.4, -0.2) is 55.6 Å². The van der Waals surface area contributed by atoms with Gasteiger partial charge in [-0.05, 0) is 0 Å². The molecular weight excluding hydrogens is 276 g/mol. The molecule has 100 valence electrons. The van der Waals surface area contributed by atoms with Crippen molar-refractivity contribution in [3.8, 4) is 0 Å². The van der Waals surface area contributed by atoms with Crippen LogP contribution in [0.4, 0.5) is 0 Å². The molecule has 0 amide bonds. The summed E-state index contributed by atoms with van der Waals surface area (Å²) >= 11 is 0. The summed E-state index contributed by atoms with van der Waals surface area (Å²) in [7, 11) is -8.09. The molecule has 2 N–H and O–H groups in total. The number of aliphatic carboxylic acids is 2. The lowest BCUT2D eigenvalue weighted by Crippen LogP contribution is -2.23. The lowest BCUT2D eigenvalue weighted by atomic mass is 10.5. The Morgan fingerprint density at radius 2 is 1.06 bits per heavy atom. The molecule has 8 nitrogen and oxygen atoms in total. The third-order valence-electron chi connectivity index (χ3n) is 1.61. The molecule has 0 unspecified atom stereocenters. The van der Waals surface area contributed by atoms with Crippen LogP contribution in [0.1, 0.15) is 12.8 Å². The lowest BCUT2D eigenvalue weighted by Gasteiger charge is -2.03. The molecule has 0 aromatic rings. The molecule has 17 heavy (non-hydrogen) atoms. The zero-order chi connectivity index (χ0) is 13.7. The quantitative estimate of drug-likeness (QED) is 0.562. The summed E-state index contributed by atoms with van der Waals surface area (Å²) < 4.78 is 44.8. The summed E-state index contributed by atoms with van der Waals surface area (Å²) in [6.07, 6.45) is -1.37. The predicted molar refractivity (Wildman–Crippen MR) is 56.9 cm³/mol. The zero-order valence-electron chi connectivity index (χ0n) is 8.70. The van der Waals surface area contributed by atoms with Crippen molar-refractivity contribution in [2.24, 2.45) is 0 Å².